The lowest BCUT2D eigenvalue weighted by Gasteiger charge is -2.35. The maximum atomic E-state index is 2.39. The quantitative estimate of drug-likeness (QED) is 0.191. The normalized spacial score (nSPS) is 13.3. The molecular weight excluding hydrogens is 518 g/mol. The topological polar surface area (TPSA) is 3.24 Å². The van der Waals surface area contributed by atoms with Crippen molar-refractivity contribution in [1.82, 2.24) is 0 Å². The van der Waals surface area contributed by atoms with Crippen molar-refractivity contribution in [1.29, 1.82) is 0 Å². The maximum Gasteiger partial charge on any atom is 0.0462 e. The molecule has 0 fully saturated rings. The highest BCUT2D eigenvalue weighted by molar-refractivity contribution is 6.04. The van der Waals surface area contributed by atoms with E-state index in [0.717, 1.165) is 17.1 Å². The van der Waals surface area contributed by atoms with Gasteiger partial charge in [-0.25, -0.2) is 0 Å². The van der Waals surface area contributed by atoms with Crippen molar-refractivity contribution >= 4 is 40.0 Å². The van der Waals surface area contributed by atoms with Gasteiger partial charge in [-0.05, 0) is 107 Å². The summed E-state index contributed by atoms with van der Waals surface area (Å²) in [6.07, 6.45) is 4.47. The molecule has 1 aliphatic rings. The summed E-state index contributed by atoms with van der Waals surface area (Å²) < 4.78 is 0. The molecule has 7 rings (SSSR count). The third-order valence-corrected chi connectivity index (χ3v) is 9.14. The van der Waals surface area contributed by atoms with Crippen LogP contribution in [0.4, 0.5) is 17.1 Å². The van der Waals surface area contributed by atoms with Crippen LogP contribution in [0.5, 0.6) is 0 Å². The van der Waals surface area contributed by atoms with E-state index in [9.17, 15) is 0 Å². The summed E-state index contributed by atoms with van der Waals surface area (Å²) in [5, 5.41) is 2.78. The Morgan fingerprint density at radius 3 is 1.67 bits per heavy atom. The third-order valence-electron chi connectivity index (χ3n) is 9.14. The molecule has 210 valence electrons. The van der Waals surface area contributed by atoms with Crippen LogP contribution in [0.25, 0.3) is 34.1 Å². The second-order valence-electron chi connectivity index (χ2n) is 12.5. The van der Waals surface area contributed by atoms with E-state index >= 15 is 0 Å². The standard InChI is InChI=1S/C42H37N/c1-28-9-19-33(20-10-28)43(34-21-11-29(2)12-22-34)35-23-16-31(17-24-35)14-15-32-18-26-37-38-25-13-30(3)36-7-6-8-39(41(36)38)42(4,5)40(37)27-32/h6-27H,1-5H3/b15-14+. The van der Waals surface area contributed by atoms with Gasteiger partial charge in [-0.1, -0.05) is 122 Å². The Morgan fingerprint density at radius 1 is 0.512 bits per heavy atom. The van der Waals surface area contributed by atoms with Gasteiger partial charge in [0.25, 0.3) is 0 Å². The molecular formula is C42H37N. The molecule has 6 aromatic rings. The van der Waals surface area contributed by atoms with Crippen molar-refractivity contribution < 1.29 is 0 Å². The summed E-state index contributed by atoms with van der Waals surface area (Å²) >= 11 is 0. The van der Waals surface area contributed by atoms with E-state index in [0.29, 0.717) is 0 Å². The van der Waals surface area contributed by atoms with Crippen molar-refractivity contribution in [2.24, 2.45) is 0 Å². The first-order valence-electron chi connectivity index (χ1n) is 15.2. The molecule has 0 saturated carbocycles. The number of benzene rings is 6. The van der Waals surface area contributed by atoms with Gasteiger partial charge in [0.1, 0.15) is 0 Å². The van der Waals surface area contributed by atoms with Crippen LogP contribution in [0.3, 0.4) is 0 Å². The van der Waals surface area contributed by atoms with E-state index in [2.05, 4.69) is 173 Å². The fourth-order valence-corrected chi connectivity index (χ4v) is 6.62. The summed E-state index contributed by atoms with van der Waals surface area (Å²) in [6.45, 7) is 11.2. The number of hydrogen-bond acceptors (Lipinski definition) is 1. The summed E-state index contributed by atoms with van der Waals surface area (Å²) in [5.74, 6) is 0. The van der Waals surface area contributed by atoms with Gasteiger partial charge in [0.15, 0.2) is 0 Å². The largest absolute Gasteiger partial charge is 0.311 e. The van der Waals surface area contributed by atoms with Gasteiger partial charge in [0.05, 0.1) is 0 Å². The minimum Gasteiger partial charge on any atom is -0.311 e. The molecule has 0 unspecified atom stereocenters. The summed E-state index contributed by atoms with van der Waals surface area (Å²) in [5.41, 5.74) is 15.1. The third kappa shape index (κ3) is 4.76. The number of rotatable bonds is 5. The van der Waals surface area contributed by atoms with Gasteiger partial charge in [0, 0.05) is 22.5 Å². The average molecular weight is 556 g/mol. The van der Waals surface area contributed by atoms with Crippen LogP contribution < -0.4 is 4.90 Å². The molecule has 0 bridgehead atoms. The highest BCUT2D eigenvalue weighted by atomic mass is 15.1. The van der Waals surface area contributed by atoms with Crippen molar-refractivity contribution in [2.75, 3.05) is 4.90 Å². The molecule has 1 aliphatic carbocycles. The molecule has 0 saturated heterocycles. The Balaban J connectivity index is 1.21. The molecule has 0 radical (unpaired) electrons. The molecule has 0 N–H and O–H groups in total. The Hall–Kier alpha value is -4.88. The first-order valence-corrected chi connectivity index (χ1v) is 15.2. The lowest BCUT2D eigenvalue weighted by Crippen LogP contribution is -2.23. The molecule has 0 atom stereocenters. The van der Waals surface area contributed by atoms with Gasteiger partial charge in [-0.3, -0.25) is 0 Å². The van der Waals surface area contributed by atoms with Crippen LogP contribution in [0.2, 0.25) is 0 Å². The van der Waals surface area contributed by atoms with E-state index in [1.165, 1.54) is 60.8 Å². The zero-order chi connectivity index (χ0) is 29.7. The molecule has 0 heterocycles. The number of hydrogen-bond donors (Lipinski definition) is 0. The van der Waals surface area contributed by atoms with Crippen molar-refractivity contribution in [2.45, 2.75) is 40.0 Å². The highest BCUT2D eigenvalue weighted by Gasteiger charge is 2.33. The molecule has 1 nitrogen and oxygen atoms in total. The summed E-state index contributed by atoms with van der Waals surface area (Å²) in [7, 11) is 0. The van der Waals surface area contributed by atoms with E-state index in [4.69, 9.17) is 0 Å². The van der Waals surface area contributed by atoms with Gasteiger partial charge >= 0.3 is 0 Å². The molecule has 0 spiro atoms. The van der Waals surface area contributed by atoms with Crippen LogP contribution in [-0.4, -0.2) is 0 Å². The van der Waals surface area contributed by atoms with Crippen molar-refractivity contribution in [3.8, 4) is 11.1 Å². The monoisotopic (exact) mass is 555 g/mol. The Labute approximate surface area is 255 Å². The van der Waals surface area contributed by atoms with E-state index in [-0.39, 0.29) is 5.41 Å². The van der Waals surface area contributed by atoms with Crippen LogP contribution >= 0.6 is 0 Å². The number of aryl methyl sites for hydroxylation is 3. The van der Waals surface area contributed by atoms with Crippen LogP contribution in [0.1, 0.15) is 52.8 Å². The Bertz CT molecular complexity index is 1940. The molecule has 43 heavy (non-hydrogen) atoms. The molecule has 0 aliphatic heterocycles. The van der Waals surface area contributed by atoms with Gasteiger partial charge in [-0.2, -0.15) is 0 Å². The zero-order valence-corrected chi connectivity index (χ0v) is 25.6. The van der Waals surface area contributed by atoms with E-state index in [1.807, 2.05) is 0 Å². The van der Waals surface area contributed by atoms with Gasteiger partial charge < -0.3 is 4.90 Å². The van der Waals surface area contributed by atoms with Gasteiger partial charge in [0.2, 0.25) is 0 Å². The fraction of sp³-hybridized carbons (Fsp3) is 0.143. The molecule has 1 heteroatoms. The lowest BCUT2D eigenvalue weighted by atomic mass is 9.68. The summed E-state index contributed by atoms with van der Waals surface area (Å²) in [6, 6.07) is 44.7. The van der Waals surface area contributed by atoms with Crippen molar-refractivity contribution in [3.05, 3.63) is 160 Å². The second-order valence-corrected chi connectivity index (χ2v) is 12.5. The second kappa shape index (κ2) is 10.4. The highest BCUT2D eigenvalue weighted by Crippen LogP contribution is 2.49. The number of fused-ring (bicyclic) bond motifs is 2. The SMILES string of the molecule is Cc1ccc(N(c2ccc(C)cc2)c2ccc(/C=C/c3ccc4c(c3)C(C)(C)c3cccc5c(C)ccc-4c35)cc2)cc1. The van der Waals surface area contributed by atoms with Crippen LogP contribution in [0.15, 0.2) is 121 Å². The zero-order valence-electron chi connectivity index (χ0n) is 25.6. The minimum atomic E-state index is -0.0729. The first-order chi connectivity index (χ1) is 20.8. The molecule has 0 aromatic heterocycles. The average Bonchev–Trinajstić information content (AvgIpc) is 3.02. The van der Waals surface area contributed by atoms with E-state index < -0.39 is 0 Å². The van der Waals surface area contributed by atoms with Crippen LogP contribution in [0, 0.1) is 20.8 Å². The van der Waals surface area contributed by atoms with Crippen molar-refractivity contribution in [3.63, 3.8) is 0 Å². The molecule has 6 aromatic carbocycles. The molecule has 0 amide bonds. The van der Waals surface area contributed by atoms with Gasteiger partial charge in [-0.15, -0.1) is 0 Å². The van der Waals surface area contributed by atoms with Crippen LogP contribution in [-0.2, 0) is 5.41 Å². The summed E-state index contributed by atoms with van der Waals surface area (Å²) in [4.78, 5) is 2.32. The predicted molar refractivity (Wildman–Crippen MR) is 186 cm³/mol. The number of nitrogens with zero attached hydrogens (tertiary/aromatic N) is 1. The Kier molecular flexibility index (Phi) is 6.55. The van der Waals surface area contributed by atoms with E-state index in [1.54, 1.807) is 0 Å². The smallest absolute Gasteiger partial charge is 0.0462 e. The predicted octanol–water partition coefficient (Wildman–Crippen LogP) is 11.7. The fourth-order valence-electron chi connectivity index (χ4n) is 6.62. The maximum absolute atomic E-state index is 2.39. The minimum absolute atomic E-state index is 0.0729. The lowest BCUT2D eigenvalue weighted by molar-refractivity contribution is 0.645. The first kappa shape index (κ1) is 27.0. The Morgan fingerprint density at radius 2 is 1.05 bits per heavy atom. The number of anilines is 3.